The molecule has 1 aliphatic rings. The number of aromatic nitrogens is 4. The monoisotopic (exact) mass is 456 g/mol. The zero-order chi connectivity index (χ0) is 22.9. The zero-order valence-electron chi connectivity index (χ0n) is 17.0. The number of rotatable bonds is 6. The maximum Gasteiger partial charge on any atom is 0.272 e. The number of nitrogens with zero attached hydrogens (tertiary/aromatic N) is 4. The van der Waals surface area contributed by atoms with Crippen LogP contribution in [0.2, 0.25) is 5.02 Å². The molecular weight excluding hydrogens is 438 g/mol. The first-order valence-electron chi connectivity index (χ1n) is 9.79. The van der Waals surface area contributed by atoms with Crippen LogP contribution in [0.3, 0.4) is 0 Å². The van der Waals surface area contributed by atoms with Crippen LogP contribution in [0.1, 0.15) is 40.5 Å². The minimum Gasteiger partial charge on any atom is -0.351 e. The normalized spacial score (nSPS) is 16.0. The van der Waals surface area contributed by atoms with E-state index in [-0.39, 0.29) is 30.5 Å². The Labute approximate surface area is 188 Å². The highest BCUT2D eigenvalue weighted by molar-refractivity contribution is 6.30. The van der Waals surface area contributed by atoms with Gasteiger partial charge in [0.25, 0.3) is 11.8 Å². The number of amides is 1. The highest BCUT2D eigenvalue weighted by Gasteiger charge is 2.45. The molecule has 1 aromatic carbocycles. The van der Waals surface area contributed by atoms with Gasteiger partial charge in [-0.2, -0.15) is 4.98 Å². The number of nitrogens with one attached hydrogen (secondary N) is 2. The number of benzene rings is 1. The van der Waals surface area contributed by atoms with Gasteiger partial charge in [-0.15, -0.1) is 6.42 Å². The first kappa shape index (κ1) is 21.7. The number of carbonyl (C=O) groups excluding carboxylic acids is 1. The molecule has 1 saturated carbocycles. The first-order valence-corrected chi connectivity index (χ1v) is 10.2. The van der Waals surface area contributed by atoms with Crippen molar-refractivity contribution in [2.45, 2.75) is 37.8 Å². The van der Waals surface area contributed by atoms with Crippen LogP contribution < -0.4 is 10.6 Å². The van der Waals surface area contributed by atoms with E-state index in [0.717, 1.165) is 5.56 Å². The standard InChI is InChI=1S/C22H19ClF2N6O/c1-3-17(14-5-4-6-15(23)7-14)29-20(32)18-11-31(12-27-18)19-13(2)10-26-21(30-19)28-16-8-22(24,25)9-16/h1,4-7,10-12,16-17H,8-9H2,2H3,(H,29,32)(H,26,28,30). The lowest BCUT2D eigenvalue weighted by atomic mass is 9.88. The summed E-state index contributed by atoms with van der Waals surface area (Å²) in [6.07, 6.45) is 9.61. The second-order valence-corrected chi connectivity index (χ2v) is 8.04. The van der Waals surface area contributed by atoms with Crippen LogP contribution in [0.5, 0.6) is 0 Å². The average Bonchev–Trinajstić information content (AvgIpc) is 3.22. The topological polar surface area (TPSA) is 84.7 Å². The maximum absolute atomic E-state index is 13.1. The van der Waals surface area contributed by atoms with Crippen LogP contribution >= 0.6 is 11.6 Å². The van der Waals surface area contributed by atoms with Gasteiger partial charge in [0.15, 0.2) is 0 Å². The van der Waals surface area contributed by atoms with Crippen molar-refractivity contribution in [1.29, 1.82) is 0 Å². The Morgan fingerprint density at radius 3 is 2.84 bits per heavy atom. The Balaban J connectivity index is 1.49. The van der Waals surface area contributed by atoms with Gasteiger partial charge >= 0.3 is 0 Å². The summed E-state index contributed by atoms with van der Waals surface area (Å²) >= 11 is 6.01. The van der Waals surface area contributed by atoms with E-state index in [1.54, 1.807) is 42.0 Å². The smallest absolute Gasteiger partial charge is 0.272 e. The molecule has 164 valence electrons. The molecule has 0 bridgehead atoms. The summed E-state index contributed by atoms with van der Waals surface area (Å²) in [5.41, 5.74) is 1.54. The lowest BCUT2D eigenvalue weighted by Crippen LogP contribution is -2.44. The Kier molecular flexibility index (Phi) is 5.80. The van der Waals surface area contributed by atoms with Gasteiger partial charge in [-0.05, 0) is 24.6 Å². The second-order valence-electron chi connectivity index (χ2n) is 7.60. The van der Waals surface area contributed by atoms with Gasteiger partial charge in [0, 0.05) is 41.9 Å². The van der Waals surface area contributed by atoms with Crippen molar-refractivity contribution < 1.29 is 13.6 Å². The summed E-state index contributed by atoms with van der Waals surface area (Å²) in [6, 6.07) is 5.86. The molecule has 0 radical (unpaired) electrons. The molecule has 1 atom stereocenters. The fourth-order valence-electron chi connectivity index (χ4n) is 3.38. The number of aryl methyl sites for hydroxylation is 1. The molecule has 1 amide bonds. The van der Waals surface area contributed by atoms with Crippen molar-refractivity contribution in [2.75, 3.05) is 5.32 Å². The van der Waals surface area contributed by atoms with Crippen molar-refractivity contribution in [1.82, 2.24) is 24.8 Å². The van der Waals surface area contributed by atoms with Crippen LogP contribution in [0.4, 0.5) is 14.7 Å². The number of hydrogen-bond donors (Lipinski definition) is 2. The molecule has 1 fully saturated rings. The number of carbonyl (C=O) groups is 1. The summed E-state index contributed by atoms with van der Waals surface area (Å²) in [6.45, 7) is 1.80. The number of anilines is 1. The Morgan fingerprint density at radius 2 is 2.16 bits per heavy atom. The molecular formula is C22H19ClF2N6O. The molecule has 2 aromatic heterocycles. The largest absolute Gasteiger partial charge is 0.351 e. The Morgan fingerprint density at radius 1 is 1.38 bits per heavy atom. The third-order valence-corrected chi connectivity index (χ3v) is 5.29. The molecule has 0 spiro atoms. The molecule has 3 aromatic rings. The van der Waals surface area contributed by atoms with Crippen LogP contribution in [0, 0.1) is 19.3 Å². The van der Waals surface area contributed by atoms with E-state index in [9.17, 15) is 13.6 Å². The van der Waals surface area contributed by atoms with Crippen molar-refractivity contribution in [2.24, 2.45) is 0 Å². The molecule has 1 unspecified atom stereocenters. The van der Waals surface area contributed by atoms with E-state index in [1.807, 2.05) is 0 Å². The van der Waals surface area contributed by atoms with Gasteiger partial charge in [0.05, 0.1) is 0 Å². The maximum atomic E-state index is 13.1. The molecule has 0 saturated heterocycles. The summed E-state index contributed by atoms with van der Waals surface area (Å²) < 4.78 is 27.7. The van der Waals surface area contributed by atoms with Gasteiger partial charge in [0.1, 0.15) is 23.9 Å². The quantitative estimate of drug-likeness (QED) is 0.549. The number of hydrogen-bond acceptors (Lipinski definition) is 5. The minimum atomic E-state index is -2.64. The highest BCUT2D eigenvalue weighted by atomic mass is 35.5. The summed E-state index contributed by atoms with van der Waals surface area (Å²) in [4.78, 5) is 25.4. The van der Waals surface area contributed by atoms with Crippen molar-refractivity contribution in [3.63, 3.8) is 0 Å². The van der Waals surface area contributed by atoms with Gasteiger partial charge in [-0.1, -0.05) is 29.7 Å². The number of imidazole rings is 1. The Hall–Kier alpha value is -3.51. The van der Waals surface area contributed by atoms with E-state index in [1.165, 1.54) is 12.5 Å². The summed E-state index contributed by atoms with van der Waals surface area (Å²) in [5, 5.41) is 6.16. The minimum absolute atomic E-state index is 0.137. The Bertz CT molecular complexity index is 1200. The second kappa shape index (κ2) is 8.55. The van der Waals surface area contributed by atoms with Crippen molar-refractivity contribution in [3.05, 3.63) is 64.8 Å². The van der Waals surface area contributed by atoms with E-state index in [0.29, 0.717) is 16.4 Å². The molecule has 10 heteroatoms. The third-order valence-electron chi connectivity index (χ3n) is 5.05. The summed E-state index contributed by atoms with van der Waals surface area (Å²) in [5.74, 6) is 0.135. The molecule has 2 N–H and O–H groups in total. The third kappa shape index (κ3) is 4.70. The number of halogens is 3. The fourth-order valence-corrected chi connectivity index (χ4v) is 3.58. The van der Waals surface area contributed by atoms with Gasteiger partial charge in [-0.3, -0.25) is 9.36 Å². The van der Waals surface area contributed by atoms with Gasteiger partial charge in [0.2, 0.25) is 5.95 Å². The molecule has 1 aliphatic carbocycles. The predicted octanol–water partition coefficient (Wildman–Crippen LogP) is 3.94. The van der Waals surface area contributed by atoms with Crippen molar-refractivity contribution in [3.8, 4) is 18.2 Å². The lowest BCUT2D eigenvalue weighted by Gasteiger charge is -2.35. The van der Waals surface area contributed by atoms with Crippen LogP contribution in [-0.2, 0) is 0 Å². The van der Waals surface area contributed by atoms with E-state index in [4.69, 9.17) is 18.0 Å². The fraction of sp³-hybridized carbons (Fsp3) is 0.273. The van der Waals surface area contributed by atoms with Gasteiger partial charge < -0.3 is 10.6 Å². The van der Waals surface area contributed by atoms with Crippen LogP contribution in [0.25, 0.3) is 5.82 Å². The van der Waals surface area contributed by atoms with Gasteiger partial charge in [-0.25, -0.2) is 18.7 Å². The predicted molar refractivity (Wildman–Crippen MR) is 116 cm³/mol. The van der Waals surface area contributed by atoms with Crippen molar-refractivity contribution >= 4 is 23.5 Å². The SMILES string of the molecule is C#CC(NC(=O)c1cn(-c2nc(NC3CC(F)(F)C3)ncc2C)cn1)c1cccc(Cl)c1. The van der Waals surface area contributed by atoms with Crippen LogP contribution in [-0.4, -0.2) is 37.4 Å². The average molecular weight is 457 g/mol. The molecule has 2 heterocycles. The first-order chi connectivity index (χ1) is 15.2. The van der Waals surface area contributed by atoms with E-state index in [2.05, 4.69) is 31.5 Å². The van der Waals surface area contributed by atoms with Crippen LogP contribution in [0.15, 0.2) is 43.0 Å². The molecule has 32 heavy (non-hydrogen) atoms. The molecule has 0 aliphatic heterocycles. The molecule has 7 nitrogen and oxygen atoms in total. The summed E-state index contributed by atoms with van der Waals surface area (Å²) in [7, 11) is 0. The molecule has 4 rings (SSSR count). The highest BCUT2D eigenvalue weighted by Crippen LogP contribution is 2.38. The van der Waals surface area contributed by atoms with E-state index >= 15 is 0 Å². The van der Waals surface area contributed by atoms with E-state index < -0.39 is 17.9 Å². The lowest BCUT2D eigenvalue weighted by molar-refractivity contribution is -0.0794. The number of terminal acetylenes is 1. The number of alkyl halides is 2. The zero-order valence-corrected chi connectivity index (χ0v) is 17.8.